The van der Waals surface area contributed by atoms with Crippen LogP contribution in [0.5, 0.6) is 11.5 Å². The molecule has 0 aliphatic carbocycles. The van der Waals surface area contributed by atoms with Gasteiger partial charge in [-0.3, -0.25) is 4.79 Å². The number of rotatable bonds is 4. The largest absolute Gasteiger partial charge is 0.456 e. The van der Waals surface area contributed by atoms with Crippen LogP contribution in [0.3, 0.4) is 0 Å². The zero-order chi connectivity index (χ0) is 15.6. The van der Waals surface area contributed by atoms with Gasteiger partial charge in [-0.05, 0) is 41.8 Å². The van der Waals surface area contributed by atoms with Crippen molar-refractivity contribution in [3.05, 3.63) is 52.0 Å². The van der Waals surface area contributed by atoms with Gasteiger partial charge in [-0.1, -0.05) is 29.8 Å². The van der Waals surface area contributed by atoms with Crippen LogP contribution in [0.15, 0.2) is 40.9 Å². The number of hydrogen-bond donors (Lipinski definition) is 2. The van der Waals surface area contributed by atoms with Gasteiger partial charge in [0.05, 0.1) is 5.56 Å². The van der Waals surface area contributed by atoms with Gasteiger partial charge in [-0.15, -0.1) is 0 Å². The summed E-state index contributed by atoms with van der Waals surface area (Å²) in [4.78, 5) is 11.5. The van der Waals surface area contributed by atoms with Gasteiger partial charge >= 0.3 is 0 Å². The van der Waals surface area contributed by atoms with Gasteiger partial charge in [-0.2, -0.15) is 0 Å². The summed E-state index contributed by atoms with van der Waals surface area (Å²) in [6.07, 6.45) is 0. The minimum absolute atomic E-state index is 0.274. The summed E-state index contributed by atoms with van der Waals surface area (Å²) in [6, 6.07) is 10.5. The van der Waals surface area contributed by atoms with Crippen LogP contribution >= 0.6 is 15.9 Å². The Hall–Kier alpha value is -2.01. The maximum atomic E-state index is 11.5. The summed E-state index contributed by atoms with van der Waals surface area (Å²) in [7, 11) is 0. The van der Waals surface area contributed by atoms with Crippen molar-refractivity contribution in [2.45, 2.75) is 19.8 Å². The molecule has 0 saturated carbocycles. The van der Waals surface area contributed by atoms with Crippen LogP contribution in [0.1, 0.15) is 35.7 Å². The lowest BCUT2D eigenvalue weighted by atomic mass is 10.0. The number of nitrogens with two attached hydrogens (primary N) is 2. The third-order valence-electron chi connectivity index (χ3n) is 3.08. The molecule has 0 fully saturated rings. The van der Waals surface area contributed by atoms with Gasteiger partial charge in [0.1, 0.15) is 11.5 Å². The van der Waals surface area contributed by atoms with Crippen LogP contribution in [0.25, 0.3) is 0 Å². The van der Waals surface area contributed by atoms with Crippen molar-refractivity contribution in [2.24, 2.45) is 5.73 Å². The van der Waals surface area contributed by atoms with Crippen molar-refractivity contribution in [1.82, 2.24) is 0 Å². The lowest BCUT2D eigenvalue weighted by Gasteiger charge is -2.16. The van der Waals surface area contributed by atoms with E-state index in [2.05, 4.69) is 29.8 Å². The Kier molecular flexibility index (Phi) is 4.53. The normalized spacial score (nSPS) is 10.7. The Labute approximate surface area is 132 Å². The Balaban J connectivity index is 2.47. The van der Waals surface area contributed by atoms with E-state index in [0.29, 0.717) is 22.7 Å². The summed E-state index contributed by atoms with van der Waals surface area (Å²) < 4.78 is 6.87. The molecule has 0 aliphatic rings. The van der Waals surface area contributed by atoms with E-state index in [1.807, 2.05) is 18.2 Å². The molecular weight excluding hydrogens is 332 g/mol. The molecule has 5 heteroatoms. The van der Waals surface area contributed by atoms with Crippen LogP contribution in [0, 0.1) is 0 Å². The van der Waals surface area contributed by atoms with E-state index < -0.39 is 5.91 Å². The predicted octanol–water partition coefficient (Wildman–Crippen LogP) is 4.05. The number of primary amides is 1. The van der Waals surface area contributed by atoms with E-state index in [1.165, 1.54) is 0 Å². The van der Waals surface area contributed by atoms with Crippen molar-refractivity contribution < 1.29 is 9.53 Å². The summed E-state index contributed by atoms with van der Waals surface area (Å²) in [5, 5.41) is 0. The number of carbonyl (C=O) groups is 1. The average Bonchev–Trinajstić information content (AvgIpc) is 2.40. The fourth-order valence-corrected chi connectivity index (χ4v) is 2.39. The van der Waals surface area contributed by atoms with Gasteiger partial charge < -0.3 is 16.2 Å². The van der Waals surface area contributed by atoms with Crippen molar-refractivity contribution in [1.29, 1.82) is 0 Å². The fourth-order valence-electron chi connectivity index (χ4n) is 2.01. The van der Waals surface area contributed by atoms with E-state index in [-0.39, 0.29) is 5.92 Å². The van der Waals surface area contributed by atoms with E-state index in [1.54, 1.807) is 18.2 Å². The van der Waals surface area contributed by atoms with Gasteiger partial charge in [0.25, 0.3) is 5.91 Å². The van der Waals surface area contributed by atoms with E-state index >= 15 is 0 Å². The lowest BCUT2D eigenvalue weighted by molar-refractivity contribution is 0.0998. The number of benzene rings is 2. The first-order valence-electron chi connectivity index (χ1n) is 6.55. The molecule has 110 valence electrons. The first-order chi connectivity index (χ1) is 9.88. The van der Waals surface area contributed by atoms with E-state index in [4.69, 9.17) is 16.2 Å². The van der Waals surface area contributed by atoms with Crippen molar-refractivity contribution in [3.8, 4) is 11.5 Å². The molecule has 0 saturated heterocycles. The molecule has 0 bridgehead atoms. The molecule has 2 rings (SSSR count). The zero-order valence-corrected chi connectivity index (χ0v) is 13.5. The molecule has 4 N–H and O–H groups in total. The van der Waals surface area contributed by atoms with Gasteiger partial charge in [-0.25, -0.2) is 0 Å². The fraction of sp³-hybridized carbons (Fsp3) is 0.188. The van der Waals surface area contributed by atoms with Crippen LogP contribution in [0.4, 0.5) is 5.69 Å². The first kappa shape index (κ1) is 15.4. The SMILES string of the molecule is CC(C)c1cc(Br)ccc1Oc1cc(N)ccc1C(N)=O. The highest BCUT2D eigenvalue weighted by Gasteiger charge is 2.14. The number of halogens is 1. The quantitative estimate of drug-likeness (QED) is 0.818. The molecule has 0 radical (unpaired) electrons. The summed E-state index contributed by atoms with van der Waals surface area (Å²) in [5.74, 6) is 0.775. The van der Waals surface area contributed by atoms with Crippen LogP contribution in [-0.4, -0.2) is 5.91 Å². The molecule has 0 spiro atoms. The topological polar surface area (TPSA) is 78.3 Å². The number of nitrogen functional groups attached to an aromatic ring is 1. The van der Waals surface area contributed by atoms with Crippen LogP contribution in [-0.2, 0) is 0 Å². The Bertz CT molecular complexity index is 684. The molecule has 0 unspecified atom stereocenters. The monoisotopic (exact) mass is 348 g/mol. The Morgan fingerprint density at radius 1 is 1.14 bits per heavy atom. The summed E-state index contributed by atoms with van der Waals surface area (Å²) >= 11 is 3.45. The first-order valence-corrected chi connectivity index (χ1v) is 7.34. The molecule has 2 aromatic carbocycles. The molecule has 1 amide bonds. The number of anilines is 1. The van der Waals surface area contributed by atoms with Crippen molar-refractivity contribution in [3.63, 3.8) is 0 Å². The highest BCUT2D eigenvalue weighted by atomic mass is 79.9. The zero-order valence-electron chi connectivity index (χ0n) is 11.9. The molecule has 4 nitrogen and oxygen atoms in total. The summed E-state index contributed by atoms with van der Waals surface area (Å²) in [5.41, 5.74) is 13.0. The lowest BCUT2D eigenvalue weighted by Crippen LogP contribution is -2.12. The second-order valence-corrected chi connectivity index (χ2v) is 5.97. The molecule has 0 aromatic heterocycles. The smallest absolute Gasteiger partial charge is 0.252 e. The number of carbonyl (C=O) groups excluding carboxylic acids is 1. The molecule has 0 atom stereocenters. The highest BCUT2D eigenvalue weighted by Crippen LogP contribution is 2.34. The molecule has 0 aliphatic heterocycles. The van der Waals surface area contributed by atoms with E-state index in [0.717, 1.165) is 10.0 Å². The number of hydrogen-bond acceptors (Lipinski definition) is 3. The van der Waals surface area contributed by atoms with Gasteiger partial charge in [0.2, 0.25) is 0 Å². The molecular formula is C16H17BrN2O2. The average molecular weight is 349 g/mol. The molecule has 0 heterocycles. The molecule has 2 aromatic rings. The van der Waals surface area contributed by atoms with Crippen LogP contribution in [0.2, 0.25) is 0 Å². The maximum Gasteiger partial charge on any atom is 0.252 e. The maximum absolute atomic E-state index is 11.5. The predicted molar refractivity (Wildman–Crippen MR) is 87.7 cm³/mol. The number of ether oxygens (including phenoxy) is 1. The summed E-state index contributed by atoms with van der Waals surface area (Å²) in [6.45, 7) is 4.14. The van der Waals surface area contributed by atoms with Crippen molar-refractivity contribution in [2.75, 3.05) is 5.73 Å². The highest BCUT2D eigenvalue weighted by molar-refractivity contribution is 9.10. The second-order valence-electron chi connectivity index (χ2n) is 5.06. The third kappa shape index (κ3) is 3.55. The standard InChI is InChI=1S/C16H17BrN2O2/c1-9(2)13-7-10(17)3-6-14(13)21-15-8-11(18)4-5-12(15)16(19)20/h3-9H,18H2,1-2H3,(H2,19,20). The minimum atomic E-state index is -0.548. The van der Waals surface area contributed by atoms with Gasteiger partial charge in [0, 0.05) is 16.2 Å². The Morgan fingerprint density at radius 2 is 1.86 bits per heavy atom. The van der Waals surface area contributed by atoms with E-state index in [9.17, 15) is 4.79 Å². The number of amides is 1. The molecule has 21 heavy (non-hydrogen) atoms. The second kappa shape index (κ2) is 6.18. The Morgan fingerprint density at radius 3 is 2.48 bits per heavy atom. The van der Waals surface area contributed by atoms with Gasteiger partial charge in [0.15, 0.2) is 0 Å². The third-order valence-corrected chi connectivity index (χ3v) is 3.58. The van der Waals surface area contributed by atoms with Crippen molar-refractivity contribution >= 4 is 27.5 Å². The minimum Gasteiger partial charge on any atom is -0.456 e. The van der Waals surface area contributed by atoms with Crippen LogP contribution < -0.4 is 16.2 Å².